The predicted octanol–water partition coefficient (Wildman–Crippen LogP) is 1.29. The Kier molecular flexibility index (Phi) is 4.50. The van der Waals surface area contributed by atoms with Gasteiger partial charge in [-0.05, 0) is 13.0 Å². The van der Waals surface area contributed by atoms with Crippen LogP contribution in [-0.2, 0) is 9.53 Å². The SMILES string of the molecule is C=CCOC(C=O)=CC. The summed E-state index contributed by atoms with van der Waals surface area (Å²) in [6, 6.07) is 0. The van der Waals surface area contributed by atoms with Crippen LogP contribution >= 0.6 is 0 Å². The fourth-order valence-electron chi connectivity index (χ4n) is 0.341. The zero-order valence-electron chi connectivity index (χ0n) is 5.46. The van der Waals surface area contributed by atoms with Gasteiger partial charge < -0.3 is 4.74 Å². The largest absolute Gasteiger partial charge is 0.486 e. The molecule has 0 unspecified atom stereocenters. The normalized spacial score (nSPS) is 10.6. The molecule has 0 rings (SSSR count). The average molecular weight is 126 g/mol. The number of aldehydes is 1. The van der Waals surface area contributed by atoms with Gasteiger partial charge >= 0.3 is 0 Å². The first-order valence-electron chi connectivity index (χ1n) is 2.70. The fourth-order valence-corrected chi connectivity index (χ4v) is 0.341. The van der Waals surface area contributed by atoms with Crippen LogP contribution in [0.15, 0.2) is 24.5 Å². The number of hydrogen-bond acceptors (Lipinski definition) is 2. The summed E-state index contributed by atoms with van der Waals surface area (Å²) in [7, 11) is 0. The van der Waals surface area contributed by atoms with Crippen LogP contribution in [0.5, 0.6) is 0 Å². The molecule has 0 heterocycles. The maximum absolute atomic E-state index is 10.0. The Bertz CT molecular complexity index is 125. The van der Waals surface area contributed by atoms with Gasteiger partial charge in [0.1, 0.15) is 6.61 Å². The summed E-state index contributed by atoms with van der Waals surface area (Å²) in [6.45, 7) is 5.56. The molecule has 0 saturated heterocycles. The van der Waals surface area contributed by atoms with E-state index in [1.54, 1.807) is 19.1 Å². The molecule has 0 aliphatic rings. The monoisotopic (exact) mass is 126 g/mol. The molecule has 0 aliphatic heterocycles. The maximum Gasteiger partial charge on any atom is 0.184 e. The molecule has 0 saturated carbocycles. The zero-order valence-corrected chi connectivity index (χ0v) is 5.46. The van der Waals surface area contributed by atoms with E-state index >= 15 is 0 Å². The molecule has 0 amide bonds. The summed E-state index contributed by atoms with van der Waals surface area (Å²) in [5.74, 6) is 0.356. The highest BCUT2D eigenvalue weighted by Gasteiger charge is 1.87. The van der Waals surface area contributed by atoms with Crippen molar-refractivity contribution < 1.29 is 9.53 Å². The molecular formula is C7H10O2. The van der Waals surface area contributed by atoms with Crippen molar-refractivity contribution in [2.75, 3.05) is 6.61 Å². The second-order valence-corrected chi connectivity index (χ2v) is 1.41. The highest BCUT2D eigenvalue weighted by Crippen LogP contribution is 1.90. The van der Waals surface area contributed by atoms with Crippen LogP contribution in [0.2, 0.25) is 0 Å². The summed E-state index contributed by atoms with van der Waals surface area (Å²) in [5, 5.41) is 0. The highest BCUT2D eigenvalue weighted by molar-refractivity contribution is 5.69. The van der Waals surface area contributed by atoms with E-state index in [-0.39, 0.29) is 0 Å². The third-order valence-corrected chi connectivity index (χ3v) is 0.769. The molecule has 0 atom stereocenters. The first-order chi connectivity index (χ1) is 4.35. The first-order valence-corrected chi connectivity index (χ1v) is 2.70. The summed E-state index contributed by atoms with van der Waals surface area (Å²) < 4.78 is 4.86. The van der Waals surface area contributed by atoms with Gasteiger partial charge in [0.05, 0.1) is 0 Å². The Morgan fingerprint density at radius 3 is 2.78 bits per heavy atom. The van der Waals surface area contributed by atoms with E-state index in [9.17, 15) is 4.79 Å². The van der Waals surface area contributed by atoms with Crippen molar-refractivity contribution in [3.05, 3.63) is 24.5 Å². The Morgan fingerprint density at radius 2 is 2.44 bits per heavy atom. The molecule has 0 N–H and O–H groups in total. The van der Waals surface area contributed by atoms with E-state index in [1.807, 2.05) is 0 Å². The van der Waals surface area contributed by atoms with Crippen LogP contribution in [0.3, 0.4) is 0 Å². The van der Waals surface area contributed by atoms with Gasteiger partial charge in [-0.15, -0.1) is 0 Å². The third kappa shape index (κ3) is 3.53. The van der Waals surface area contributed by atoms with Crippen LogP contribution < -0.4 is 0 Å². The van der Waals surface area contributed by atoms with Crippen molar-refractivity contribution >= 4 is 6.29 Å². The number of carbonyl (C=O) groups excluding carboxylic acids is 1. The lowest BCUT2D eigenvalue weighted by molar-refractivity contribution is -0.107. The van der Waals surface area contributed by atoms with Gasteiger partial charge in [-0.3, -0.25) is 4.79 Å². The maximum atomic E-state index is 10.0. The van der Waals surface area contributed by atoms with E-state index in [0.29, 0.717) is 18.7 Å². The van der Waals surface area contributed by atoms with Crippen molar-refractivity contribution in [1.29, 1.82) is 0 Å². The van der Waals surface area contributed by atoms with Gasteiger partial charge in [-0.2, -0.15) is 0 Å². The van der Waals surface area contributed by atoms with E-state index < -0.39 is 0 Å². The molecule has 0 aromatic heterocycles. The fraction of sp³-hybridized carbons (Fsp3) is 0.286. The Hall–Kier alpha value is -1.05. The van der Waals surface area contributed by atoms with Gasteiger partial charge in [-0.25, -0.2) is 0 Å². The highest BCUT2D eigenvalue weighted by atomic mass is 16.5. The molecule has 9 heavy (non-hydrogen) atoms. The van der Waals surface area contributed by atoms with Gasteiger partial charge in [0.25, 0.3) is 0 Å². The smallest absolute Gasteiger partial charge is 0.184 e. The van der Waals surface area contributed by atoms with Crippen LogP contribution in [0, 0.1) is 0 Å². The van der Waals surface area contributed by atoms with E-state index in [4.69, 9.17) is 4.74 Å². The quantitative estimate of drug-likeness (QED) is 0.245. The lowest BCUT2D eigenvalue weighted by Gasteiger charge is -1.97. The molecule has 0 bridgehead atoms. The van der Waals surface area contributed by atoms with Crippen LogP contribution in [0.4, 0.5) is 0 Å². The predicted molar refractivity (Wildman–Crippen MR) is 36.0 cm³/mol. The third-order valence-electron chi connectivity index (χ3n) is 0.769. The molecule has 0 aromatic rings. The minimum absolute atomic E-state index is 0.356. The molecular weight excluding hydrogens is 116 g/mol. The van der Waals surface area contributed by atoms with Crippen molar-refractivity contribution in [2.24, 2.45) is 0 Å². The van der Waals surface area contributed by atoms with Gasteiger partial charge in [0.2, 0.25) is 0 Å². The number of hydrogen-bond donors (Lipinski definition) is 0. The molecule has 0 aromatic carbocycles. The summed E-state index contributed by atoms with van der Waals surface area (Å²) >= 11 is 0. The van der Waals surface area contributed by atoms with E-state index in [0.717, 1.165) is 0 Å². The Morgan fingerprint density at radius 1 is 1.78 bits per heavy atom. The van der Waals surface area contributed by atoms with E-state index in [1.165, 1.54) is 0 Å². The van der Waals surface area contributed by atoms with Crippen LogP contribution in [0.1, 0.15) is 6.92 Å². The number of carbonyl (C=O) groups is 1. The van der Waals surface area contributed by atoms with Crippen LogP contribution in [-0.4, -0.2) is 12.9 Å². The average Bonchev–Trinajstić information content (AvgIpc) is 1.91. The molecule has 2 nitrogen and oxygen atoms in total. The zero-order chi connectivity index (χ0) is 7.11. The van der Waals surface area contributed by atoms with Gasteiger partial charge in [-0.1, -0.05) is 12.7 Å². The van der Waals surface area contributed by atoms with Crippen molar-refractivity contribution in [3.8, 4) is 0 Å². The molecule has 0 fully saturated rings. The molecule has 0 aliphatic carbocycles. The second kappa shape index (κ2) is 5.09. The topological polar surface area (TPSA) is 26.3 Å². The molecule has 0 radical (unpaired) electrons. The number of allylic oxidation sites excluding steroid dienone is 2. The lowest BCUT2D eigenvalue weighted by Crippen LogP contribution is -1.91. The first kappa shape index (κ1) is 7.95. The minimum atomic E-state index is 0.356. The number of ether oxygens (including phenoxy) is 1. The standard InChI is InChI=1S/C7H10O2/c1-3-5-9-7(4-2)6-8/h3-4,6H,1,5H2,2H3. The minimum Gasteiger partial charge on any atom is -0.486 e. The van der Waals surface area contributed by atoms with E-state index in [2.05, 4.69) is 6.58 Å². The van der Waals surface area contributed by atoms with Crippen molar-refractivity contribution in [1.82, 2.24) is 0 Å². The lowest BCUT2D eigenvalue weighted by atomic mass is 10.5. The Balaban J connectivity index is 3.57. The van der Waals surface area contributed by atoms with Crippen molar-refractivity contribution in [2.45, 2.75) is 6.92 Å². The summed E-state index contributed by atoms with van der Waals surface area (Å²) in [4.78, 5) is 10.0. The van der Waals surface area contributed by atoms with Crippen molar-refractivity contribution in [3.63, 3.8) is 0 Å². The molecule has 2 heteroatoms. The molecule has 50 valence electrons. The summed E-state index contributed by atoms with van der Waals surface area (Å²) in [5.41, 5.74) is 0. The molecule has 0 spiro atoms. The van der Waals surface area contributed by atoms with Gasteiger partial charge in [0, 0.05) is 0 Å². The Labute approximate surface area is 54.8 Å². The van der Waals surface area contributed by atoms with Gasteiger partial charge in [0.15, 0.2) is 12.0 Å². The van der Waals surface area contributed by atoms with Crippen LogP contribution in [0.25, 0.3) is 0 Å². The second-order valence-electron chi connectivity index (χ2n) is 1.41. The summed E-state index contributed by atoms with van der Waals surface area (Å²) in [6.07, 6.45) is 3.87. The number of rotatable bonds is 4.